The minimum absolute atomic E-state index is 0.174. The van der Waals surface area contributed by atoms with E-state index in [0.29, 0.717) is 11.4 Å². The summed E-state index contributed by atoms with van der Waals surface area (Å²) in [4.78, 5) is 33.4. The summed E-state index contributed by atoms with van der Waals surface area (Å²) in [6.07, 6.45) is 5.59. The van der Waals surface area contributed by atoms with E-state index in [1.165, 1.54) is 24.7 Å². The van der Waals surface area contributed by atoms with Crippen LogP contribution in [0, 0.1) is 0 Å². The lowest BCUT2D eigenvalue weighted by molar-refractivity contribution is -0.112. The van der Waals surface area contributed by atoms with Crippen LogP contribution in [0.2, 0.25) is 0 Å². The molecule has 0 unspecified atom stereocenters. The summed E-state index contributed by atoms with van der Waals surface area (Å²) < 4.78 is 0. The number of rotatable bonds is 6. The van der Waals surface area contributed by atoms with E-state index in [1.807, 2.05) is 43.3 Å². The Bertz CT molecular complexity index is 756. The van der Waals surface area contributed by atoms with E-state index in [1.54, 1.807) is 6.92 Å². The Kier molecular flexibility index (Phi) is 6.05. The van der Waals surface area contributed by atoms with E-state index in [4.69, 9.17) is 0 Å². The molecule has 1 heterocycles. The molecule has 0 radical (unpaired) electrons. The van der Waals surface area contributed by atoms with Crippen LogP contribution in [-0.4, -0.2) is 35.9 Å². The largest absolute Gasteiger partial charge is 0.378 e. The molecule has 0 bridgehead atoms. The van der Waals surface area contributed by atoms with Gasteiger partial charge in [0.05, 0.1) is 6.20 Å². The molecule has 3 N–H and O–H groups in total. The molecule has 0 aliphatic rings. The highest BCUT2D eigenvalue weighted by Gasteiger charge is 2.06. The quantitative estimate of drug-likeness (QED) is 0.542. The van der Waals surface area contributed by atoms with Gasteiger partial charge in [0, 0.05) is 49.6 Å². The zero-order valence-electron chi connectivity index (χ0n) is 14.3. The topological polar surface area (TPSA) is 99.2 Å². The molecule has 8 heteroatoms. The summed E-state index contributed by atoms with van der Waals surface area (Å²) in [5.41, 5.74) is 7.46. The standard InChI is InChI=1S/C17H20N6O2/c1-12(21-22-17(25)15-11-18-8-9-19-15)10-16(24)20-13-4-6-14(7-5-13)23(2)3/h4-11,21H,1-3H3,(H,20,24)(H,22,25)/b12-10-. The van der Waals surface area contributed by atoms with E-state index < -0.39 is 5.91 Å². The number of allylic oxidation sites excluding steroid dienone is 1. The SMILES string of the molecule is C/C(=C/C(=O)Nc1ccc(N(C)C)cc1)NNC(=O)c1cnccn1. The van der Waals surface area contributed by atoms with Crippen LogP contribution in [0.3, 0.4) is 0 Å². The number of nitrogens with zero attached hydrogens (tertiary/aromatic N) is 3. The van der Waals surface area contributed by atoms with Crippen molar-refractivity contribution in [1.82, 2.24) is 20.8 Å². The van der Waals surface area contributed by atoms with Crippen LogP contribution in [0.4, 0.5) is 11.4 Å². The molecule has 25 heavy (non-hydrogen) atoms. The Morgan fingerprint density at radius 3 is 2.40 bits per heavy atom. The zero-order valence-corrected chi connectivity index (χ0v) is 14.3. The minimum atomic E-state index is -0.444. The average molecular weight is 340 g/mol. The van der Waals surface area contributed by atoms with Gasteiger partial charge in [-0.05, 0) is 31.2 Å². The highest BCUT2D eigenvalue weighted by atomic mass is 16.2. The average Bonchev–Trinajstić information content (AvgIpc) is 2.60. The lowest BCUT2D eigenvalue weighted by Crippen LogP contribution is -2.37. The van der Waals surface area contributed by atoms with Gasteiger partial charge in [0.2, 0.25) is 5.91 Å². The summed E-state index contributed by atoms with van der Waals surface area (Å²) in [6, 6.07) is 7.45. The second-order valence-electron chi connectivity index (χ2n) is 5.43. The molecule has 0 fully saturated rings. The lowest BCUT2D eigenvalue weighted by Gasteiger charge is -2.13. The second-order valence-corrected chi connectivity index (χ2v) is 5.43. The fourth-order valence-corrected chi connectivity index (χ4v) is 1.89. The Morgan fingerprint density at radius 2 is 1.80 bits per heavy atom. The van der Waals surface area contributed by atoms with E-state index in [9.17, 15) is 9.59 Å². The molecule has 0 atom stereocenters. The number of benzene rings is 1. The first-order valence-electron chi connectivity index (χ1n) is 7.55. The normalized spacial score (nSPS) is 10.8. The molecule has 2 rings (SSSR count). The van der Waals surface area contributed by atoms with Crippen LogP contribution < -0.4 is 21.1 Å². The van der Waals surface area contributed by atoms with Crippen molar-refractivity contribution in [2.45, 2.75) is 6.92 Å². The Balaban J connectivity index is 1.86. The first kappa shape index (κ1) is 17.9. The summed E-state index contributed by atoms with van der Waals surface area (Å²) in [5.74, 6) is -0.753. The predicted octanol–water partition coefficient (Wildman–Crippen LogP) is 1.32. The van der Waals surface area contributed by atoms with Crippen molar-refractivity contribution in [3.05, 3.63) is 60.3 Å². The molecule has 1 aromatic heterocycles. The van der Waals surface area contributed by atoms with Crippen molar-refractivity contribution in [3.8, 4) is 0 Å². The van der Waals surface area contributed by atoms with Crippen molar-refractivity contribution in [3.63, 3.8) is 0 Å². The minimum Gasteiger partial charge on any atom is -0.378 e. The van der Waals surface area contributed by atoms with Crippen LogP contribution in [-0.2, 0) is 4.79 Å². The molecule has 0 aliphatic heterocycles. The molecule has 2 amide bonds. The number of anilines is 2. The van der Waals surface area contributed by atoms with Gasteiger partial charge in [-0.1, -0.05) is 0 Å². The first-order chi connectivity index (χ1) is 12.0. The molecule has 130 valence electrons. The maximum Gasteiger partial charge on any atom is 0.289 e. The van der Waals surface area contributed by atoms with Gasteiger partial charge in [-0.3, -0.25) is 20.0 Å². The molecule has 8 nitrogen and oxygen atoms in total. The van der Waals surface area contributed by atoms with Gasteiger partial charge >= 0.3 is 0 Å². The number of hydrogen-bond donors (Lipinski definition) is 3. The molecule has 0 saturated carbocycles. The Morgan fingerprint density at radius 1 is 1.08 bits per heavy atom. The van der Waals surface area contributed by atoms with E-state index in [0.717, 1.165) is 5.69 Å². The summed E-state index contributed by atoms with van der Waals surface area (Å²) in [7, 11) is 3.89. The highest BCUT2D eigenvalue weighted by molar-refractivity contribution is 5.99. The number of nitrogens with one attached hydrogen (secondary N) is 3. The van der Waals surface area contributed by atoms with Gasteiger partial charge in [0.25, 0.3) is 5.91 Å². The number of hydrazine groups is 1. The third-order valence-electron chi connectivity index (χ3n) is 3.17. The van der Waals surface area contributed by atoms with Crippen molar-refractivity contribution in [2.75, 3.05) is 24.3 Å². The molecular weight excluding hydrogens is 320 g/mol. The van der Waals surface area contributed by atoms with E-state index in [-0.39, 0.29) is 11.6 Å². The van der Waals surface area contributed by atoms with E-state index >= 15 is 0 Å². The summed E-state index contributed by atoms with van der Waals surface area (Å²) in [5, 5.41) is 2.75. The number of aromatic nitrogens is 2. The van der Waals surface area contributed by atoms with Gasteiger partial charge in [0.1, 0.15) is 5.69 Å². The molecule has 0 aliphatic carbocycles. The molecule has 2 aromatic rings. The van der Waals surface area contributed by atoms with E-state index in [2.05, 4.69) is 26.1 Å². The number of amides is 2. The number of hydrogen-bond acceptors (Lipinski definition) is 6. The van der Waals surface area contributed by atoms with Crippen LogP contribution in [0.25, 0.3) is 0 Å². The van der Waals surface area contributed by atoms with Crippen LogP contribution in [0.15, 0.2) is 54.6 Å². The van der Waals surface area contributed by atoms with Gasteiger partial charge in [-0.2, -0.15) is 0 Å². The van der Waals surface area contributed by atoms with Crippen molar-refractivity contribution in [2.24, 2.45) is 0 Å². The maximum absolute atomic E-state index is 12.0. The van der Waals surface area contributed by atoms with Crippen molar-refractivity contribution >= 4 is 23.2 Å². The lowest BCUT2D eigenvalue weighted by atomic mass is 10.2. The first-order valence-corrected chi connectivity index (χ1v) is 7.55. The molecule has 0 saturated heterocycles. The van der Waals surface area contributed by atoms with Crippen LogP contribution >= 0.6 is 0 Å². The maximum atomic E-state index is 12.0. The third-order valence-corrected chi connectivity index (χ3v) is 3.17. The summed E-state index contributed by atoms with van der Waals surface area (Å²) >= 11 is 0. The Labute approximate surface area is 145 Å². The fraction of sp³-hybridized carbons (Fsp3) is 0.176. The second kappa shape index (κ2) is 8.44. The van der Waals surface area contributed by atoms with Crippen LogP contribution in [0.1, 0.15) is 17.4 Å². The zero-order chi connectivity index (χ0) is 18.2. The predicted molar refractivity (Wildman–Crippen MR) is 95.8 cm³/mol. The highest BCUT2D eigenvalue weighted by Crippen LogP contribution is 2.15. The summed E-state index contributed by atoms with van der Waals surface area (Å²) in [6.45, 7) is 1.66. The van der Waals surface area contributed by atoms with Crippen molar-refractivity contribution < 1.29 is 9.59 Å². The smallest absolute Gasteiger partial charge is 0.289 e. The van der Waals surface area contributed by atoms with Gasteiger partial charge in [0.15, 0.2) is 0 Å². The molecule has 0 spiro atoms. The van der Waals surface area contributed by atoms with Crippen molar-refractivity contribution in [1.29, 1.82) is 0 Å². The molecular formula is C17H20N6O2. The fourth-order valence-electron chi connectivity index (χ4n) is 1.89. The molecule has 1 aromatic carbocycles. The number of carbonyl (C=O) groups is 2. The third kappa shape index (κ3) is 5.61. The van der Waals surface area contributed by atoms with Gasteiger partial charge in [-0.25, -0.2) is 4.98 Å². The van der Waals surface area contributed by atoms with Gasteiger partial charge in [-0.15, -0.1) is 0 Å². The monoisotopic (exact) mass is 340 g/mol. The number of carbonyl (C=O) groups excluding carboxylic acids is 2. The van der Waals surface area contributed by atoms with Gasteiger partial charge < -0.3 is 15.6 Å². The van der Waals surface area contributed by atoms with Crippen LogP contribution in [0.5, 0.6) is 0 Å². The Hall–Kier alpha value is -3.42.